The number of amides is 10. The number of hydrogen-bond donors (Lipinski definition) is 8. The summed E-state index contributed by atoms with van der Waals surface area (Å²) in [7, 11) is 1.51. The molecule has 0 bridgehead atoms. The first kappa shape index (κ1) is 72.8. The number of carbonyl (C=O) groups is 10. The van der Waals surface area contributed by atoms with E-state index in [1.807, 2.05) is 119 Å². The summed E-state index contributed by atoms with van der Waals surface area (Å²) in [5, 5.41) is 23.6. The Morgan fingerprint density at radius 2 is 0.989 bits per heavy atom. The average molecular weight is 1280 g/mol. The van der Waals surface area contributed by atoms with E-state index in [-0.39, 0.29) is 81.4 Å². The molecular weight excluding hydrogens is 1170 g/mol. The van der Waals surface area contributed by atoms with Gasteiger partial charge < -0.3 is 52.3 Å². The molecule has 1 saturated carbocycles. The van der Waals surface area contributed by atoms with Gasteiger partial charge in [0.05, 0.1) is 5.75 Å². The Morgan fingerprint density at radius 3 is 1.55 bits per heavy atom. The highest BCUT2D eigenvalue weighted by atomic mass is 32.2. The number of carbonyl (C=O) groups excluding carboxylic acids is 10. The van der Waals surface area contributed by atoms with E-state index in [4.69, 9.17) is 0 Å². The van der Waals surface area contributed by atoms with E-state index in [2.05, 4.69) is 42.5 Å². The lowest BCUT2D eigenvalue weighted by Crippen LogP contribution is -2.64. The number of benzene rings is 3. The van der Waals surface area contributed by atoms with E-state index in [9.17, 15) is 33.6 Å². The maximum absolute atomic E-state index is 15.2. The second-order valence-corrected chi connectivity index (χ2v) is 28.0. The van der Waals surface area contributed by atoms with Crippen molar-refractivity contribution in [2.75, 3.05) is 31.6 Å². The van der Waals surface area contributed by atoms with Crippen molar-refractivity contribution < 1.29 is 47.9 Å². The minimum atomic E-state index is -1.45. The highest BCUT2D eigenvalue weighted by Crippen LogP contribution is 2.32. The van der Waals surface area contributed by atoms with Gasteiger partial charge in [0, 0.05) is 45.2 Å². The third kappa shape index (κ3) is 21.9. The van der Waals surface area contributed by atoms with Crippen LogP contribution in [0.4, 0.5) is 0 Å². The lowest BCUT2D eigenvalue weighted by atomic mass is 9.85. The monoisotopic (exact) mass is 1270 g/mol. The van der Waals surface area contributed by atoms with Crippen molar-refractivity contribution in [1.29, 1.82) is 0 Å². The molecule has 0 radical (unpaired) electrons. The van der Waals surface area contributed by atoms with E-state index in [0.717, 1.165) is 48.8 Å². The largest absolute Gasteiger partial charge is 0.353 e. The first-order chi connectivity index (χ1) is 43.3. The molecule has 0 unspecified atom stereocenters. The first-order valence-corrected chi connectivity index (χ1v) is 34.2. The molecule has 2 aliphatic heterocycles. The quantitative estimate of drug-likeness (QED) is 0.0882. The van der Waals surface area contributed by atoms with Crippen LogP contribution in [0, 0.1) is 29.6 Å². The van der Waals surface area contributed by atoms with Crippen LogP contribution in [0.1, 0.15) is 150 Å². The van der Waals surface area contributed by atoms with Crippen LogP contribution >= 0.6 is 11.8 Å². The smallest absolute Gasteiger partial charge is 0.246 e. The molecule has 0 spiro atoms. The summed E-state index contributed by atoms with van der Waals surface area (Å²) < 4.78 is 0. The maximum Gasteiger partial charge on any atom is 0.246 e. The first-order valence-electron chi connectivity index (χ1n) is 33.0. The minimum Gasteiger partial charge on any atom is -0.353 e. The Hall–Kier alpha value is -7.29. The van der Waals surface area contributed by atoms with Crippen molar-refractivity contribution in [2.24, 2.45) is 29.6 Å². The van der Waals surface area contributed by atoms with Crippen molar-refractivity contribution in [3.05, 3.63) is 108 Å². The summed E-state index contributed by atoms with van der Waals surface area (Å²) >= 11 is 1.22. The molecule has 3 aromatic carbocycles. The van der Waals surface area contributed by atoms with Gasteiger partial charge in [-0.1, -0.05) is 178 Å². The molecule has 9 atom stereocenters. The summed E-state index contributed by atoms with van der Waals surface area (Å²) in [6.45, 7) is 16.7. The number of fused-ring (bicyclic) bond motifs is 1. The summed E-state index contributed by atoms with van der Waals surface area (Å²) in [6.07, 6.45) is 7.35. The Kier molecular flexibility index (Phi) is 28.4. The number of thioether (sulfide) groups is 1. The topological polar surface area (TPSA) is 273 Å². The van der Waals surface area contributed by atoms with Gasteiger partial charge in [0.15, 0.2) is 0 Å². The molecule has 6 rings (SSSR count). The number of nitrogens with zero attached hydrogens (tertiary/aromatic N) is 2. The van der Waals surface area contributed by atoms with E-state index >= 15 is 14.4 Å². The fourth-order valence-electron chi connectivity index (χ4n) is 12.5. The predicted octanol–water partition coefficient (Wildman–Crippen LogP) is 5.94. The number of nitrogens with one attached hydrogen (secondary N) is 8. The Bertz CT molecular complexity index is 2910. The molecule has 0 aromatic heterocycles. The van der Waals surface area contributed by atoms with Crippen LogP contribution in [0.15, 0.2) is 91.0 Å². The van der Waals surface area contributed by atoms with Gasteiger partial charge in [-0.2, -0.15) is 11.8 Å². The lowest BCUT2D eigenvalue weighted by Gasteiger charge is -2.38. The molecule has 8 N–H and O–H groups in total. The fourth-order valence-corrected chi connectivity index (χ4v) is 13.1. The van der Waals surface area contributed by atoms with Gasteiger partial charge in [0.1, 0.15) is 53.9 Å². The Labute approximate surface area is 543 Å². The summed E-state index contributed by atoms with van der Waals surface area (Å²) in [4.78, 5) is 150. The molecule has 20 nitrogen and oxygen atoms in total. The summed E-state index contributed by atoms with van der Waals surface area (Å²) in [6, 6.07) is 18.4. The predicted molar refractivity (Wildman–Crippen MR) is 355 cm³/mol. The van der Waals surface area contributed by atoms with E-state index in [1.54, 1.807) is 34.6 Å². The van der Waals surface area contributed by atoms with Gasteiger partial charge in [0.2, 0.25) is 59.1 Å². The zero-order valence-corrected chi connectivity index (χ0v) is 56.1. The van der Waals surface area contributed by atoms with Gasteiger partial charge in [-0.3, -0.25) is 47.9 Å². The molecule has 2 saturated heterocycles. The van der Waals surface area contributed by atoms with Crippen molar-refractivity contribution >= 4 is 70.8 Å². The molecule has 3 aromatic rings. The second kappa shape index (κ2) is 35.5. The molecular formula is C70H102N10O10S. The standard InChI is InChI=1S/C70H102N10O10S/c1-44(2)38-53-63(84)73-52(33-32-48-24-15-11-16-25-48)62(83)76-56(39-45(3)4)67(88)79(10)57(42-51-30-21-14-22-31-51)65(86)74-54(40-49-26-17-12-18-27-49)61(82)71-35-37-91-43-58(81)72-55(41-50-28-19-13-20-29-50)64(85)77-60(47(7)8)68(89)80-36-23-34-70(80,9)69(90)78-59(46(5)6)66(87)75-53/h12-14,17-22,26-31,44-48,52-57,59-60H,11,15-16,23-25,32-43H2,1-10H3,(H,71,82)(H,72,81)(H,73,84)(H,74,86)(H,75,87)(H,76,83)(H,77,85)(H,78,90)/t52-,53-,54-,55-,56-,57-,59-,60-,70-/m0/s1. The number of hydrogen-bond acceptors (Lipinski definition) is 11. The minimum absolute atomic E-state index is 0.0576. The summed E-state index contributed by atoms with van der Waals surface area (Å²) in [5.41, 5.74) is 0.803. The third-order valence-electron chi connectivity index (χ3n) is 17.8. The molecule has 21 heteroatoms. The van der Waals surface area contributed by atoms with Crippen LogP contribution in [0.2, 0.25) is 0 Å². The van der Waals surface area contributed by atoms with Crippen LogP contribution in [0.3, 0.4) is 0 Å². The van der Waals surface area contributed by atoms with Crippen molar-refractivity contribution in [2.45, 2.75) is 206 Å². The molecule has 91 heavy (non-hydrogen) atoms. The van der Waals surface area contributed by atoms with E-state index in [0.29, 0.717) is 18.8 Å². The van der Waals surface area contributed by atoms with Crippen molar-refractivity contribution in [1.82, 2.24) is 52.3 Å². The molecule has 10 amide bonds. The number of rotatable bonds is 15. The van der Waals surface area contributed by atoms with Crippen LogP contribution < -0.4 is 42.5 Å². The molecule has 3 aliphatic rings. The Balaban J connectivity index is 1.38. The fraction of sp³-hybridized carbons (Fsp3) is 0.600. The van der Waals surface area contributed by atoms with Crippen LogP contribution in [-0.4, -0.2) is 154 Å². The normalized spacial score (nSPS) is 26.1. The van der Waals surface area contributed by atoms with E-state index in [1.165, 1.54) is 28.6 Å². The van der Waals surface area contributed by atoms with Gasteiger partial charge in [0.25, 0.3) is 0 Å². The second-order valence-electron chi connectivity index (χ2n) is 26.9. The van der Waals surface area contributed by atoms with Crippen molar-refractivity contribution in [3.63, 3.8) is 0 Å². The lowest BCUT2D eigenvalue weighted by molar-refractivity contribution is -0.148. The maximum atomic E-state index is 15.2. The van der Waals surface area contributed by atoms with Crippen LogP contribution in [0.25, 0.3) is 0 Å². The summed E-state index contributed by atoms with van der Waals surface area (Å²) in [5.74, 6) is -6.41. The number of likely N-dealkylation sites (N-methyl/N-ethyl adjacent to an activating group) is 1. The van der Waals surface area contributed by atoms with E-state index < -0.39 is 125 Å². The van der Waals surface area contributed by atoms with Gasteiger partial charge in [-0.05, 0) is 91.7 Å². The van der Waals surface area contributed by atoms with Crippen molar-refractivity contribution in [3.8, 4) is 0 Å². The highest BCUT2D eigenvalue weighted by molar-refractivity contribution is 7.99. The molecule has 1 aliphatic carbocycles. The third-order valence-corrected chi connectivity index (χ3v) is 18.7. The van der Waals surface area contributed by atoms with Crippen LogP contribution in [0.5, 0.6) is 0 Å². The van der Waals surface area contributed by atoms with Gasteiger partial charge in [-0.25, -0.2) is 0 Å². The SMILES string of the molecule is CC(C)C[C@@H]1NC(=O)[C@H](C(C)C)NC(=O)[C@]2(C)CCCN2C(=O)[C@H](C(C)C)NC(=O)[C@H](Cc2ccccc2)NC(=O)CSCCNC(=O)[C@H](Cc2ccccc2)NC(=O)[C@H](Cc2ccccc2)N(C)C(=O)[C@H](CC(C)C)NC(=O)[C@H](CCC2CCCCC2)NC1=O. The Morgan fingerprint density at radius 1 is 0.495 bits per heavy atom. The van der Waals surface area contributed by atoms with Crippen LogP contribution in [-0.2, 0) is 67.2 Å². The molecule has 3 fully saturated rings. The average Bonchev–Trinajstić information content (AvgIpc) is 1.72. The molecule has 498 valence electrons. The zero-order chi connectivity index (χ0) is 66.4. The van der Waals surface area contributed by atoms with Gasteiger partial charge in [-0.15, -0.1) is 0 Å². The molecule has 2 heterocycles. The highest BCUT2D eigenvalue weighted by Gasteiger charge is 2.49. The van der Waals surface area contributed by atoms with Gasteiger partial charge >= 0.3 is 0 Å². The zero-order valence-electron chi connectivity index (χ0n) is 55.3.